The lowest BCUT2D eigenvalue weighted by Gasteiger charge is -2.10. The molecule has 2 aromatic heterocycles. The highest BCUT2D eigenvalue weighted by molar-refractivity contribution is 7.12. The third-order valence-electron chi connectivity index (χ3n) is 2.68. The van der Waals surface area contributed by atoms with E-state index in [2.05, 4.69) is 15.3 Å². The summed E-state index contributed by atoms with van der Waals surface area (Å²) in [7, 11) is 0. The molecule has 0 aliphatic carbocycles. The molecule has 0 saturated carbocycles. The molecular weight excluding hydrogens is 240 g/mol. The van der Waals surface area contributed by atoms with Gasteiger partial charge in [0, 0.05) is 18.2 Å². The lowest BCUT2D eigenvalue weighted by Crippen LogP contribution is -2.08. The van der Waals surface area contributed by atoms with Crippen molar-refractivity contribution in [3.63, 3.8) is 0 Å². The fourth-order valence-electron chi connectivity index (χ4n) is 1.94. The van der Waals surface area contributed by atoms with Crippen LogP contribution in [0.25, 0.3) is 5.13 Å². The van der Waals surface area contributed by atoms with Crippen LogP contribution in [0.1, 0.15) is 35.1 Å². The minimum absolute atomic E-state index is 0.103. The molecule has 3 rings (SSSR count). The van der Waals surface area contributed by atoms with Crippen LogP contribution in [0, 0.1) is 0 Å². The number of hydrogen-bond donors (Lipinski definition) is 0. The van der Waals surface area contributed by atoms with Crippen LogP contribution in [0.2, 0.25) is 0 Å². The summed E-state index contributed by atoms with van der Waals surface area (Å²) in [6.07, 6.45) is 4.19. The Morgan fingerprint density at radius 2 is 2.53 bits per heavy atom. The molecule has 6 nitrogen and oxygen atoms in total. The molecule has 0 radical (unpaired) electrons. The second kappa shape index (κ2) is 4.34. The van der Waals surface area contributed by atoms with Gasteiger partial charge in [-0.05, 0) is 12.8 Å². The van der Waals surface area contributed by atoms with E-state index >= 15 is 0 Å². The van der Waals surface area contributed by atoms with Gasteiger partial charge in [-0.1, -0.05) is 5.21 Å². The third-order valence-corrected chi connectivity index (χ3v) is 3.43. The van der Waals surface area contributed by atoms with Gasteiger partial charge in [-0.3, -0.25) is 4.79 Å². The van der Waals surface area contributed by atoms with Crippen molar-refractivity contribution in [1.82, 2.24) is 20.0 Å². The van der Waals surface area contributed by atoms with Gasteiger partial charge in [0.05, 0.1) is 0 Å². The maximum Gasteiger partial charge on any atom is 0.212 e. The molecule has 3 heterocycles. The van der Waals surface area contributed by atoms with Gasteiger partial charge in [0.25, 0.3) is 0 Å². The maximum atomic E-state index is 11.0. The second-order valence-corrected chi connectivity index (χ2v) is 4.58. The van der Waals surface area contributed by atoms with Crippen molar-refractivity contribution in [3.05, 3.63) is 23.0 Å². The monoisotopic (exact) mass is 250 g/mol. The Kier molecular flexibility index (Phi) is 2.69. The number of aldehydes is 1. The molecule has 1 fully saturated rings. The van der Waals surface area contributed by atoms with E-state index in [1.165, 1.54) is 11.3 Å². The van der Waals surface area contributed by atoms with E-state index in [0.717, 1.165) is 12.8 Å². The van der Waals surface area contributed by atoms with E-state index in [0.29, 0.717) is 29.4 Å². The van der Waals surface area contributed by atoms with Gasteiger partial charge < -0.3 is 4.74 Å². The Balaban J connectivity index is 2.09. The predicted octanol–water partition coefficient (Wildman–Crippen LogP) is 1.39. The van der Waals surface area contributed by atoms with Gasteiger partial charge in [0.1, 0.15) is 11.8 Å². The van der Waals surface area contributed by atoms with E-state index < -0.39 is 0 Å². The molecule has 0 N–H and O–H groups in total. The first-order chi connectivity index (χ1) is 8.40. The van der Waals surface area contributed by atoms with Crippen molar-refractivity contribution in [3.8, 4) is 5.13 Å². The van der Waals surface area contributed by atoms with Gasteiger partial charge in [0.2, 0.25) is 5.13 Å². The Morgan fingerprint density at radius 3 is 3.18 bits per heavy atom. The largest absolute Gasteiger partial charge is 0.372 e. The van der Waals surface area contributed by atoms with Crippen LogP contribution in [-0.2, 0) is 4.74 Å². The van der Waals surface area contributed by atoms with Gasteiger partial charge >= 0.3 is 0 Å². The highest BCUT2D eigenvalue weighted by Crippen LogP contribution is 2.31. The molecule has 0 amide bonds. The van der Waals surface area contributed by atoms with Crippen molar-refractivity contribution >= 4 is 17.6 Å². The first kappa shape index (κ1) is 10.5. The van der Waals surface area contributed by atoms with Gasteiger partial charge in [-0.25, -0.2) is 4.98 Å². The average Bonchev–Trinajstić information content (AvgIpc) is 3.09. The summed E-state index contributed by atoms with van der Waals surface area (Å²) in [5.74, 6) is 0. The minimum atomic E-state index is -0.103. The Bertz CT molecular complexity index is 516. The SMILES string of the molecule is O=Cc1nnn(-c2nccs2)c1C1CCCO1. The zero-order chi connectivity index (χ0) is 11.7. The number of carbonyl (C=O) groups is 1. The molecule has 1 aliphatic heterocycles. The third kappa shape index (κ3) is 1.77. The molecule has 7 heteroatoms. The van der Waals surface area contributed by atoms with Gasteiger partial charge in [-0.15, -0.1) is 16.4 Å². The quantitative estimate of drug-likeness (QED) is 0.770. The van der Waals surface area contributed by atoms with E-state index in [1.54, 1.807) is 10.9 Å². The van der Waals surface area contributed by atoms with Crippen LogP contribution >= 0.6 is 11.3 Å². The van der Waals surface area contributed by atoms with Crippen molar-refractivity contribution < 1.29 is 9.53 Å². The topological polar surface area (TPSA) is 69.9 Å². The lowest BCUT2D eigenvalue weighted by molar-refractivity contribution is 0.102. The zero-order valence-corrected chi connectivity index (χ0v) is 9.76. The molecule has 17 heavy (non-hydrogen) atoms. The van der Waals surface area contributed by atoms with Gasteiger partial charge in [0.15, 0.2) is 12.0 Å². The maximum absolute atomic E-state index is 11.0. The molecular formula is C10H10N4O2S. The summed E-state index contributed by atoms with van der Waals surface area (Å²) in [5, 5.41) is 10.4. The Hall–Kier alpha value is -1.60. The van der Waals surface area contributed by atoms with Crippen LogP contribution in [0.5, 0.6) is 0 Å². The number of thiazole rings is 1. The van der Waals surface area contributed by atoms with E-state index in [9.17, 15) is 4.79 Å². The molecule has 1 aliphatic rings. The first-order valence-electron chi connectivity index (χ1n) is 5.32. The zero-order valence-electron chi connectivity index (χ0n) is 8.94. The average molecular weight is 250 g/mol. The van der Waals surface area contributed by atoms with Crippen molar-refractivity contribution in [2.75, 3.05) is 6.61 Å². The van der Waals surface area contributed by atoms with Crippen LogP contribution in [-0.4, -0.2) is 32.9 Å². The number of rotatable bonds is 3. The first-order valence-corrected chi connectivity index (χ1v) is 6.20. The summed E-state index contributed by atoms with van der Waals surface area (Å²) >= 11 is 1.45. The van der Waals surface area contributed by atoms with Crippen LogP contribution in [0.4, 0.5) is 0 Å². The molecule has 1 atom stereocenters. The van der Waals surface area contributed by atoms with Crippen LogP contribution in [0.3, 0.4) is 0 Å². The highest BCUT2D eigenvalue weighted by atomic mass is 32.1. The number of nitrogens with zero attached hydrogens (tertiary/aromatic N) is 4. The Labute approximate surface area is 101 Å². The molecule has 1 saturated heterocycles. The van der Waals surface area contributed by atoms with Crippen molar-refractivity contribution in [2.45, 2.75) is 18.9 Å². The lowest BCUT2D eigenvalue weighted by atomic mass is 10.1. The normalized spacial score (nSPS) is 19.6. The number of hydrogen-bond acceptors (Lipinski definition) is 6. The van der Waals surface area contributed by atoms with Crippen LogP contribution < -0.4 is 0 Å². The van der Waals surface area contributed by atoms with Crippen molar-refractivity contribution in [1.29, 1.82) is 0 Å². The second-order valence-electron chi connectivity index (χ2n) is 3.71. The standard InChI is InChI=1S/C10H10N4O2S/c15-6-7-9(8-2-1-4-16-8)14(13-12-7)10-11-3-5-17-10/h3,5-6,8H,1-2,4H2. The summed E-state index contributed by atoms with van der Waals surface area (Å²) < 4.78 is 7.20. The number of ether oxygens (including phenoxy) is 1. The fourth-order valence-corrected chi connectivity index (χ4v) is 2.54. The summed E-state index contributed by atoms with van der Waals surface area (Å²) in [5.41, 5.74) is 1.06. The molecule has 1 unspecified atom stereocenters. The number of aromatic nitrogens is 4. The van der Waals surface area contributed by atoms with Gasteiger partial charge in [-0.2, -0.15) is 4.68 Å². The highest BCUT2D eigenvalue weighted by Gasteiger charge is 2.27. The molecule has 0 bridgehead atoms. The van der Waals surface area contributed by atoms with Crippen molar-refractivity contribution in [2.24, 2.45) is 0 Å². The molecule has 0 spiro atoms. The predicted molar refractivity (Wildman–Crippen MR) is 60.3 cm³/mol. The van der Waals surface area contributed by atoms with E-state index in [1.807, 2.05) is 5.38 Å². The summed E-state index contributed by atoms with van der Waals surface area (Å²) in [6, 6.07) is 0. The Morgan fingerprint density at radius 1 is 1.59 bits per heavy atom. The fraction of sp³-hybridized carbons (Fsp3) is 0.400. The minimum Gasteiger partial charge on any atom is -0.372 e. The number of carbonyl (C=O) groups excluding carboxylic acids is 1. The molecule has 2 aromatic rings. The summed E-state index contributed by atoms with van der Waals surface area (Å²) in [4.78, 5) is 15.2. The smallest absolute Gasteiger partial charge is 0.212 e. The molecule has 88 valence electrons. The van der Waals surface area contributed by atoms with E-state index in [4.69, 9.17) is 4.74 Å². The van der Waals surface area contributed by atoms with E-state index in [-0.39, 0.29) is 6.10 Å². The summed E-state index contributed by atoms with van der Waals surface area (Å²) in [6.45, 7) is 0.714. The molecule has 0 aromatic carbocycles. The van der Waals surface area contributed by atoms with Crippen LogP contribution in [0.15, 0.2) is 11.6 Å².